The Bertz CT molecular complexity index is 809. The molecule has 3 heterocycles. The minimum atomic E-state index is -0.0894. The molecule has 0 aliphatic carbocycles. The first-order valence-corrected chi connectivity index (χ1v) is 8.43. The molecule has 3 aromatic heterocycles. The first kappa shape index (κ1) is 15.7. The van der Waals surface area contributed by atoms with E-state index in [2.05, 4.69) is 36.1 Å². The smallest absolute Gasteiger partial charge is 0.270 e. The molecule has 0 aliphatic rings. The summed E-state index contributed by atoms with van der Waals surface area (Å²) >= 11 is 1.53. The fraction of sp³-hybridized carbons (Fsp3) is 0.438. The van der Waals surface area contributed by atoms with Gasteiger partial charge in [0, 0.05) is 30.5 Å². The van der Waals surface area contributed by atoms with Crippen LogP contribution >= 0.6 is 11.3 Å². The summed E-state index contributed by atoms with van der Waals surface area (Å²) in [5, 5.41) is 5.11. The maximum absolute atomic E-state index is 12.8. The summed E-state index contributed by atoms with van der Waals surface area (Å²) in [6.07, 6.45) is 7.31. The summed E-state index contributed by atoms with van der Waals surface area (Å²) in [6, 6.07) is -0.0206. The molecular weight excluding hydrogens is 310 g/mol. The standard InChI is InChI=1S/C16H21N5OS/c1-11-13(21-7-8-23-15(21)18-11)14(22)19-12(16(2,3)4)9-20-6-5-17-10-20/h5-8,10,12H,9H2,1-4H3,(H,19,22). The first-order chi connectivity index (χ1) is 10.9. The minimum absolute atomic E-state index is 0.0206. The number of aromatic nitrogens is 4. The molecule has 23 heavy (non-hydrogen) atoms. The molecule has 3 aromatic rings. The van der Waals surface area contributed by atoms with Crippen molar-refractivity contribution < 1.29 is 4.79 Å². The molecule has 0 aromatic carbocycles. The van der Waals surface area contributed by atoms with Crippen LogP contribution in [-0.4, -0.2) is 30.9 Å². The lowest BCUT2D eigenvalue weighted by atomic mass is 9.86. The minimum Gasteiger partial charge on any atom is -0.346 e. The summed E-state index contributed by atoms with van der Waals surface area (Å²) in [6.45, 7) is 8.92. The summed E-state index contributed by atoms with van der Waals surface area (Å²) in [7, 11) is 0. The van der Waals surface area contributed by atoms with E-state index in [4.69, 9.17) is 0 Å². The third-order valence-electron chi connectivity index (χ3n) is 3.95. The third-order valence-corrected chi connectivity index (χ3v) is 4.71. The zero-order valence-corrected chi connectivity index (χ0v) is 14.6. The van der Waals surface area contributed by atoms with Gasteiger partial charge in [0.05, 0.1) is 18.1 Å². The predicted octanol–water partition coefficient (Wildman–Crippen LogP) is 2.75. The van der Waals surface area contributed by atoms with Crippen molar-refractivity contribution in [3.8, 4) is 0 Å². The van der Waals surface area contributed by atoms with Crippen LogP contribution in [0, 0.1) is 12.3 Å². The average molecular weight is 331 g/mol. The van der Waals surface area contributed by atoms with Crippen molar-refractivity contribution in [2.75, 3.05) is 0 Å². The molecule has 0 fully saturated rings. The summed E-state index contributed by atoms with van der Waals surface area (Å²) in [5.41, 5.74) is 1.29. The Balaban J connectivity index is 1.86. The molecule has 3 rings (SSSR count). The Hall–Kier alpha value is -2.15. The van der Waals surface area contributed by atoms with Gasteiger partial charge in [-0.3, -0.25) is 9.20 Å². The van der Waals surface area contributed by atoms with Crippen LogP contribution in [0.2, 0.25) is 0 Å². The van der Waals surface area contributed by atoms with E-state index in [9.17, 15) is 4.79 Å². The largest absolute Gasteiger partial charge is 0.346 e. The summed E-state index contributed by atoms with van der Waals surface area (Å²) in [5.74, 6) is -0.0894. The molecule has 1 amide bonds. The highest BCUT2D eigenvalue weighted by molar-refractivity contribution is 7.15. The van der Waals surface area contributed by atoms with Crippen LogP contribution in [0.4, 0.5) is 0 Å². The van der Waals surface area contributed by atoms with Crippen molar-refractivity contribution in [2.24, 2.45) is 5.41 Å². The number of fused-ring (bicyclic) bond motifs is 1. The normalized spacial score (nSPS) is 13.4. The fourth-order valence-corrected chi connectivity index (χ4v) is 3.30. The van der Waals surface area contributed by atoms with Crippen molar-refractivity contribution in [2.45, 2.75) is 40.3 Å². The second-order valence-electron chi connectivity index (χ2n) is 6.75. The van der Waals surface area contributed by atoms with Crippen molar-refractivity contribution in [1.29, 1.82) is 0 Å². The molecular formula is C16H21N5OS. The number of imidazole rings is 2. The number of hydrogen-bond acceptors (Lipinski definition) is 4. The first-order valence-electron chi connectivity index (χ1n) is 7.55. The number of nitrogens with zero attached hydrogens (tertiary/aromatic N) is 4. The average Bonchev–Trinajstić information content (AvgIpc) is 3.13. The van der Waals surface area contributed by atoms with Gasteiger partial charge >= 0.3 is 0 Å². The lowest BCUT2D eigenvalue weighted by Gasteiger charge is -2.31. The van der Waals surface area contributed by atoms with Gasteiger partial charge in [-0.25, -0.2) is 9.97 Å². The lowest BCUT2D eigenvalue weighted by Crippen LogP contribution is -2.46. The van der Waals surface area contributed by atoms with Gasteiger partial charge in [-0.05, 0) is 12.3 Å². The van der Waals surface area contributed by atoms with Gasteiger partial charge in [0.25, 0.3) is 5.91 Å². The van der Waals surface area contributed by atoms with Crippen LogP contribution in [-0.2, 0) is 6.54 Å². The highest BCUT2D eigenvalue weighted by Gasteiger charge is 2.28. The molecule has 1 atom stereocenters. The molecule has 0 radical (unpaired) electrons. The van der Waals surface area contributed by atoms with Gasteiger partial charge in [0.1, 0.15) is 5.69 Å². The Morgan fingerprint density at radius 3 is 2.83 bits per heavy atom. The van der Waals surface area contributed by atoms with Crippen molar-refractivity contribution in [1.82, 2.24) is 24.3 Å². The van der Waals surface area contributed by atoms with Crippen LogP contribution in [0.15, 0.2) is 30.3 Å². The highest BCUT2D eigenvalue weighted by Crippen LogP contribution is 2.22. The third kappa shape index (κ3) is 3.14. The quantitative estimate of drug-likeness (QED) is 0.799. The molecule has 0 saturated heterocycles. The van der Waals surface area contributed by atoms with E-state index in [0.717, 1.165) is 10.7 Å². The molecule has 0 saturated carbocycles. The Kier molecular flexibility index (Phi) is 3.97. The number of thiazole rings is 1. The van der Waals surface area contributed by atoms with E-state index < -0.39 is 0 Å². The van der Waals surface area contributed by atoms with Crippen LogP contribution in [0.3, 0.4) is 0 Å². The van der Waals surface area contributed by atoms with Gasteiger partial charge in [0.15, 0.2) is 4.96 Å². The number of aryl methyl sites for hydroxylation is 1. The Labute approximate surface area is 139 Å². The van der Waals surface area contributed by atoms with E-state index in [-0.39, 0.29) is 17.4 Å². The van der Waals surface area contributed by atoms with Gasteiger partial charge < -0.3 is 9.88 Å². The number of amides is 1. The number of carbonyl (C=O) groups excluding carboxylic acids is 1. The SMILES string of the molecule is Cc1nc2sccn2c1C(=O)NC(Cn1ccnc1)C(C)(C)C. The topological polar surface area (TPSA) is 64.2 Å². The van der Waals surface area contributed by atoms with Crippen molar-refractivity contribution in [3.63, 3.8) is 0 Å². The van der Waals surface area contributed by atoms with Crippen LogP contribution in [0.5, 0.6) is 0 Å². The van der Waals surface area contributed by atoms with E-state index in [1.54, 1.807) is 12.5 Å². The molecule has 0 aliphatic heterocycles. The molecule has 0 spiro atoms. The molecule has 1 N–H and O–H groups in total. The maximum Gasteiger partial charge on any atom is 0.270 e. The number of rotatable bonds is 4. The number of hydrogen-bond donors (Lipinski definition) is 1. The zero-order chi connectivity index (χ0) is 16.6. The molecule has 0 bridgehead atoms. The van der Waals surface area contributed by atoms with Crippen LogP contribution in [0.25, 0.3) is 4.96 Å². The fourth-order valence-electron chi connectivity index (χ4n) is 2.54. The van der Waals surface area contributed by atoms with Crippen LogP contribution < -0.4 is 5.32 Å². The van der Waals surface area contributed by atoms with Crippen molar-refractivity contribution in [3.05, 3.63) is 41.7 Å². The van der Waals surface area contributed by atoms with E-state index >= 15 is 0 Å². The molecule has 122 valence electrons. The van der Waals surface area contributed by atoms with Gasteiger partial charge in [-0.1, -0.05) is 20.8 Å². The highest BCUT2D eigenvalue weighted by atomic mass is 32.1. The predicted molar refractivity (Wildman–Crippen MR) is 90.7 cm³/mol. The number of carbonyl (C=O) groups is 1. The van der Waals surface area contributed by atoms with Crippen LogP contribution in [0.1, 0.15) is 37.0 Å². The van der Waals surface area contributed by atoms with Gasteiger partial charge in [0.2, 0.25) is 0 Å². The van der Waals surface area contributed by atoms with Gasteiger partial charge in [-0.15, -0.1) is 11.3 Å². The van der Waals surface area contributed by atoms with Crippen molar-refractivity contribution >= 4 is 22.2 Å². The second-order valence-corrected chi connectivity index (χ2v) is 7.63. The molecule has 6 nitrogen and oxygen atoms in total. The van der Waals surface area contributed by atoms with E-state index in [1.165, 1.54) is 11.3 Å². The summed E-state index contributed by atoms with van der Waals surface area (Å²) in [4.78, 5) is 22.2. The lowest BCUT2D eigenvalue weighted by molar-refractivity contribution is 0.0886. The second kappa shape index (κ2) is 5.81. The monoisotopic (exact) mass is 331 g/mol. The molecule has 7 heteroatoms. The maximum atomic E-state index is 12.8. The van der Waals surface area contributed by atoms with Gasteiger partial charge in [-0.2, -0.15) is 0 Å². The Morgan fingerprint density at radius 1 is 1.39 bits per heavy atom. The van der Waals surface area contributed by atoms with E-state index in [1.807, 2.05) is 33.7 Å². The van der Waals surface area contributed by atoms with E-state index in [0.29, 0.717) is 12.2 Å². The number of nitrogens with one attached hydrogen (secondary N) is 1. The zero-order valence-electron chi connectivity index (χ0n) is 13.8. The molecule has 1 unspecified atom stereocenters. The Morgan fingerprint density at radius 2 is 2.17 bits per heavy atom. The summed E-state index contributed by atoms with van der Waals surface area (Å²) < 4.78 is 3.84.